The van der Waals surface area contributed by atoms with Crippen molar-refractivity contribution in [2.45, 2.75) is 31.5 Å². The molecule has 31 heavy (non-hydrogen) atoms. The molecule has 1 aliphatic carbocycles. The van der Waals surface area contributed by atoms with E-state index < -0.39 is 0 Å². The highest BCUT2D eigenvalue weighted by atomic mass is 16.5. The molecule has 0 radical (unpaired) electrons. The summed E-state index contributed by atoms with van der Waals surface area (Å²) in [4.78, 5) is 14.5. The Bertz CT molecular complexity index is 1200. The van der Waals surface area contributed by atoms with E-state index in [-0.39, 0.29) is 6.17 Å². The second kappa shape index (κ2) is 6.62. The van der Waals surface area contributed by atoms with Crippen LogP contribution in [0.1, 0.15) is 31.0 Å². The number of nitrogens with one attached hydrogen (secondary N) is 1. The Balaban J connectivity index is 1.36. The Kier molecular flexibility index (Phi) is 3.72. The zero-order valence-electron chi connectivity index (χ0n) is 17.2. The first-order chi connectivity index (χ1) is 15.3. The molecular weight excluding hydrogens is 392 g/mol. The fourth-order valence-corrected chi connectivity index (χ4v) is 4.73. The van der Waals surface area contributed by atoms with E-state index in [2.05, 4.69) is 50.0 Å². The Morgan fingerprint density at radius 3 is 2.77 bits per heavy atom. The monoisotopic (exact) mass is 416 g/mol. The number of ether oxygens (including phenoxy) is 2. The Labute approximate surface area is 180 Å². The molecule has 0 bridgehead atoms. The van der Waals surface area contributed by atoms with Crippen LogP contribution in [0.25, 0.3) is 11.0 Å². The van der Waals surface area contributed by atoms with Gasteiger partial charge in [-0.25, -0.2) is 9.98 Å². The highest BCUT2D eigenvalue weighted by Gasteiger charge is 2.39. The molecule has 1 saturated carbocycles. The number of fused-ring (bicyclic) bond motifs is 6. The highest BCUT2D eigenvalue weighted by Crippen LogP contribution is 2.38. The van der Waals surface area contributed by atoms with Crippen molar-refractivity contribution in [2.75, 3.05) is 31.5 Å². The van der Waals surface area contributed by atoms with Crippen molar-refractivity contribution in [2.24, 2.45) is 4.99 Å². The molecule has 1 fully saturated rings. The number of benzene rings is 2. The first-order valence-corrected chi connectivity index (χ1v) is 11.0. The lowest BCUT2D eigenvalue weighted by molar-refractivity contribution is 0.262. The van der Waals surface area contributed by atoms with Crippen molar-refractivity contribution < 1.29 is 9.47 Å². The molecular formula is C23H24N6O2. The Hall–Kier alpha value is -3.26. The lowest BCUT2D eigenvalue weighted by Gasteiger charge is -2.41. The third kappa shape index (κ3) is 2.78. The molecule has 7 rings (SSSR count). The molecule has 1 unspecified atom stereocenters. The van der Waals surface area contributed by atoms with E-state index in [1.807, 2.05) is 12.1 Å². The zero-order valence-corrected chi connectivity index (χ0v) is 17.2. The lowest BCUT2D eigenvalue weighted by atomic mass is 10.1. The van der Waals surface area contributed by atoms with Crippen LogP contribution < -0.4 is 19.7 Å². The quantitative estimate of drug-likeness (QED) is 0.693. The number of aliphatic imine (C=N–C) groups is 1. The third-order valence-corrected chi connectivity index (χ3v) is 6.47. The number of guanidine groups is 1. The predicted molar refractivity (Wildman–Crippen MR) is 118 cm³/mol. The number of aromatic nitrogens is 2. The molecule has 1 atom stereocenters. The van der Waals surface area contributed by atoms with Crippen LogP contribution in [-0.4, -0.2) is 53.0 Å². The number of anilines is 1. The van der Waals surface area contributed by atoms with Crippen LogP contribution in [0.3, 0.4) is 0 Å². The van der Waals surface area contributed by atoms with Crippen LogP contribution in [0.5, 0.6) is 11.5 Å². The Morgan fingerprint density at radius 1 is 1.00 bits per heavy atom. The summed E-state index contributed by atoms with van der Waals surface area (Å²) >= 11 is 0. The molecule has 158 valence electrons. The van der Waals surface area contributed by atoms with E-state index in [9.17, 15) is 0 Å². The van der Waals surface area contributed by atoms with E-state index in [4.69, 9.17) is 19.5 Å². The average Bonchev–Trinajstić information content (AvgIpc) is 3.61. The van der Waals surface area contributed by atoms with E-state index in [0.717, 1.165) is 59.8 Å². The van der Waals surface area contributed by atoms with Gasteiger partial charge in [0.25, 0.3) is 0 Å². The molecule has 4 heterocycles. The number of hydrogen-bond acceptors (Lipinski definition) is 7. The van der Waals surface area contributed by atoms with Crippen molar-refractivity contribution in [3.63, 3.8) is 0 Å². The normalized spacial score (nSPS) is 22.9. The summed E-state index contributed by atoms with van der Waals surface area (Å²) in [6.45, 7) is 2.91. The molecule has 1 N–H and O–H groups in total. The first kappa shape index (κ1) is 17.4. The van der Waals surface area contributed by atoms with E-state index >= 15 is 0 Å². The molecule has 0 saturated heterocycles. The van der Waals surface area contributed by atoms with Gasteiger partial charge in [0.2, 0.25) is 11.9 Å². The summed E-state index contributed by atoms with van der Waals surface area (Å²) < 4.78 is 14.1. The van der Waals surface area contributed by atoms with Gasteiger partial charge in [-0.3, -0.25) is 14.4 Å². The zero-order chi connectivity index (χ0) is 20.4. The van der Waals surface area contributed by atoms with Gasteiger partial charge in [0.15, 0.2) is 11.5 Å². The Morgan fingerprint density at radius 2 is 1.87 bits per heavy atom. The fourth-order valence-electron chi connectivity index (χ4n) is 4.73. The molecule has 4 aliphatic rings. The van der Waals surface area contributed by atoms with Crippen LogP contribution in [0.4, 0.5) is 5.95 Å². The van der Waals surface area contributed by atoms with Gasteiger partial charge in [-0.2, -0.15) is 0 Å². The van der Waals surface area contributed by atoms with E-state index in [1.54, 1.807) is 0 Å². The van der Waals surface area contributed by atoms with Crippen molar-refractivity contribution >= 4 is 22.9 Å². The van der Waals surface area contributed by atoms with Crippen LogP contribution in [0.15, 0.2) is 47.5 Å². The minimum Gasteiger partial charge on any atom is -0.490 e. The molecule has 3 aromatic rings. The number of hydrogen-bond donors (Lipinski definition) is 1. The SMILES string of the molecule is c1ccc2c(c1)nc1n2C(c2ccc3c(c2)OCCCO3)NC2=NCN(C3CC3)CN21. The number of nitrogens with zero attached hydrogens (tertiary/aromatic N) is 5. The van der Waals surface area contributed by atoms with Crippen molar-refractivity contribution in [1.82, 2.24) is 19.8 Å². The van der Waals surface area contributed by atoms with Gasteiger partial charge in [0, 0.05) is 12.5 Å². The lowest BCUT2D eigenvalue weighted by Crippen LogP contribution is -2.57. The van der Waals surface area contributed by atoms with Gasteiger partial charge < -0.3 is 14.8 Å². The molecule has 0 amide bonds. The van der Waals surface area contributed by atoms with Crippen molar-refractivity contribution in [3.05, 3.63) is 48.0 Å². The topological polar surface area (TPSA) is 67.2 Å². The molecule has 8 nitrogen and oxygen atoms in total. The average molecular weight is 416 g/mol. The minimum atomic E-state index is -0.123. The van der Waals surface area contributed by atoms with Gasteiger partial charge >= 0.3 is 0 Å². The van der Waals surface area contributed by atoms with Crippen molar-refractivity contribution in [1.29, 1.82) is 0 Å². The van der Waals surface area contributed by atoms with Crippen LogP contribution in [0.2, 0.25) is 0 Å². The molecule has 2 aromatic carbocycles. The third-order valence-electron chi connectivity index (χ3n) is 6.47. The molecule has 1 aromatic heterocycles. The number of rotatable bonds is 2. The summed E-state index contributed by atoms with van der Waals surface area (Å²) in [5.41, 5.74) is 3.19. The smallest absolute Gasteiger partial charge is 0.216 e. The molecule has 8 heteroatoms. The summed E-state index contributed by atoms with van der Waals surface area (Å²) in [6, 6.07) is 15.2. The standard InChI is InChI=1S/C23H24N6O2/c1-2-5-18-17(4-1)25-23-28-14-27(16-7-8-16)13-24-22(28)26-21(29(18)23)15-6-9-19-20(12-15)31-11-3-10-30-19/h1-2,4-6,9,12,16,21H,3,7-8,10-11,13-14H2,(H,24,26). The second-order valence-electron chi connectivity index (χ2n) is 8.59. The highest BCUT2D eigenvalue weighted by molar-refractivity contribution is 5.98. The second-order valence-corrected chi connectivity index (χ2v) is 8.59. The van der Waals surface area contributed by atoms with Gasteiger partial charge in [-0.1, -0.05) is 18.2 Å². The molecule has 3 aliphatic heterocycles. The van der Waals surface area contributed by atoms with E-state index in [0.29, 0.717) is 19.3 Å². The maximum Gasteiger partial charge on any atom is 0.216 e. The fraction of sp³-hybridized carbons (Fsp3) is 0.391. The van der Waals surface area contributed by atoms with Gasteiger partial charge in [0.1, 0.15) is 6.17 Å². The summed E-state index contributed by atoms with van der Waals surface area (Å²) in [5.74, 6) is 3.43. The van der Waals surface area contributed by atoms with Crippen LogP contribution in [0, 0.1) is 0 Å². The van der Waals surface area contributed by atoms with Crippen LogP contribution >= 0.6 is 0 Å². The summed E-state index contributed by atoms with van der Waals surface area (Å²) in [5, 5.41) is 3.68. The maximum absolute atomic E-state index is 5.97. The number of para-hydroxylation sites is 2. The predicted octanol–water partition coefficient (Wildman–Crippen LogP) is 2.90. The molecule has 0 spiro atoms. The first-order valence-electron chi connectivity index (χ1n) is 11.0. The largest absolute Gasteiger partial charge is 0.490 e. The maximum atomic E-state index is 5.97. The van der Waals surface area contributed by atoms with Gasteiger partial charge in [-0.15, -0.1) is 0 Å². The number of imidazole rings is 1. The summed E-state index contributed by atoms with van der Waals surface area (Å²) in [6.07, 6.45) is 3.30. The van der Waals surface area contributed by atoms with Crippen LogP contribution in [-0.2, 0) is 0 Å². The van der Waals surface area contributed by atoms with Crippen molar-refractivity contribution in [3.8, 4) is 11.5 Å². The van der Waals surface area contributed by atoms with Gasteiger partial charge in [0.05, 0.1) is 37.6 Å². The summed E-state index contributed by atoms with van der Waals surface area (Å²) in [7, 11) is 0. The van der Waals surface area contributed by atoms with Gasteiger partial charge in [-0.05, 0) is 42.7 Å². The minimum absolute atomic E-state index is 0.123. The van der Waals surface area contributed by atoms with E-state index in [1.165, 1.54) is 12.8 Å².